The molecular weight excluding hydrogens is 402 g/mol. The largest absolute Gasteiger partial charge is 0.496 e. The monoisotopic (exact) mass is 417 g/mol. The topological polar surface area (TPSA) is 110 Å². The van der Waals surface area contributed by atoms with Crippen LogP contribution >= 0.6 is 11.3 Å². The van der Waals surface area contributed by atoms with Crippen LogP contribution in [-0.2, 0) is 4.74 Å². The van der Waals surface area contributed by atoms with Gasteiger partial charge in [0.05, 0.1) is 43.4 Å². The number of pyridine rings is 1. The predicted octanol–water partition coefficient (Wildman–Crippen LogP) is 2.73. The van der Waals surface area contributed by atoms with Crippen molar-refractivity contribution in [1.82, 2.24) is 15.2 Å². The summed E-state index contributed by atoms with van der Waals surface area (Å²) in [6.45, 7) is 1.27. The molecule has 1 N–H and O–H groups in total. The SMILES string of the molecule is COc1ccc(C#N)cc1-c1cnccc1C(=O)Nc1nnc(C#CC2COC2)s1. The van der Waals surface area contributed by atoms with Gasteiger partial charge in [-0.25, -0.2) is 0 Å². The van der Waals surface area contributed by atoms with Crippen molar-refractivity contribution in [3.63, 3.8) is 0 Å². The van der Waals surface area contributed by atoms with Crippen molar-refractivity contribution in [2.24, 2.45) is 5.92 Å². The van der Waals surface area contributed by atoms with Gasteiger partial charge in [0.1, 0.15) is 5.75 Å². The van der Waals surface area contributed by atoms with Crippen LogP contribution in [-0.4, -0.2) is 41.4 Å². The van der Waals surface area contributed by atoms with Crippen molar-refractivity contribution in [1.29, 1.82) is 5.26 Å². The third kappa shape index (κ3) is 4.13. The van der Waals surface area contributed by atoms with Crippen molar-refractivity contribution in [2.75, 3.05) is 25.6 Å². The number of carbonyl (C=O) groups excluding carboxylic acids is 1. The molecule has 0 unspecified atom stereocenters. The molecule has 1 aromatic carbocycles. The maximum absolute atomic E-state index is 12.9. The lowest BCUT2D eigenvalue weighted by molar-refractivity contribution is -0.00300. The fraction of sp³-hybridized carbons (Fsp3) is 0.190. The highest BCUT2D eigenvalue weighted by molar-refractivity contribution is 7.15. The van der Waals surface area contributed by atoms with Gasteiger partial charge in [0.15, 0.2) is 5.01 Å². The molecule has 9 heteroatoms. The molecule has 0 aliphatic carbocycles. The van der Waals surface area contributed by atoms with Gasteiger partial charge in [-0.3, -0.25) is 15.1 Å². The van der Waals surface area contributed by atoms with E-state index in [0.717, 1.165) is 0 Å². The molecule has 1 aliphatic heterocycles. The molecule has 1 fully saturated rings. The van der Waals surface area contributed by atoms with Crippen LogP contribution in [0.3, 0.4) is 0 Å². The van der Waals surface area contributed by atoms with E-state index in [4.69, 9.17) is 9.47 Å². The standard InChI is InChI=1S/C21H15N5O3S/c1-28-18-4-2-13(9-22)8-16(18)17-10-23-7-6-15(17)20(27)24-21-26-25-19(30-21)5-3-14-11-29-12-14/h2,4,6-8,10,14H,11-12H2,1H3,(H,24,26,27). The summed E-state index contributed by atoms with van der Waals surface area (Å²) >= 11 is 1.20. The molecule has 148 valence electrons. The molecule has 30 heavy (non-hydrogen) atoms. The van der Waals surface area contributed by atoms with Gasteiger partial charge in [-0.05, 0) is 30.2 Å². The minimum Gasteiger partial charge on any atom is -0.496 e. The van der Waals surface area contributed by atoms with E-state index in [-0.39, 0.29) is 11.8 Å². The number of rotatable bonds is 4. The molecule has 4 rings (SSSR count). The van der Waals surface area contributed by atoms with Gasteiger partial charge in [-0.2, -0.15) is 5.26 Å². The van der Waals surface area contributed by atoms with Crippen LogP contribution in [0.25, 0.3) is 11.1 Å². The summed E-state index contributed by atoms with van der Waals surface area (Å²) in [6.07, 6.45) is 3.09. The molecular formula is C21H15N5O3S. The maximum Gasteiger partial charge on any atom is 0.258 e. The number of ether oxygens (including phenoxy) is 2. The van der Waals surface area contributed by atoms with Gasteiger partial charge in [0.25, 0.3) is 5.91 Å². The summed E-state index contributed by atoms with van der Waals surface area (Å²) in [5.74, 6) is 6.40. The molecule has 1 aliphatic rings. The summed E-state index contributed by atoms with van der Waals surface area (Å²) in [5, 5.41) is 20.8. The van der Waals surface area contributed by atoms with Crippen molar-refractivity contribution in [3.8, 4) is 34.8 Å². The second-order valence-electron chi connectivity index (χ2n) is 6.32. The summed E-state index contributed by atoms with van der Waals surface area (Å²) in [6, 6.07) is 8.69. The molecule has 1 saturated heterocycles. The summed E-state index contributed by atoms with van der Waals surface area (Å²) < 4.78 is 10.5. The molecule has 0 spiro atoms. The van der Waals surface area contributed by atoms with Crippen molar-refractivity contribution >= 4 is 22.4 Å². The number of benzene rings is 1. The van der Waals surface area contributed by atoms with E-state index in [1.807, 2.05) is 0 Å². The number of nitriles is 1. The molecule has 0 atom stereocenters. The van der Waals surface area contributed by atoms with E-state index >= 15 is 0 Å². The Morgan fingerprint density at radius 2 is 2.17 bits per heavy atom. The molecule has 8 nitrogen and oxygen atoms in total. The van der Waals surface area contributed by atoms with E-state index in [1.54, 1.807) is 30.5 Å². The van der Waals surface area contributed by atoms with Gasteiger partial charge in [-0.15, -0.1) is 10.2 Å². The zero-order valence-corrected chi connectivity index (χ0v) is 16.7. The summed E-state index contributed by atoms with van der Waals surface area (Å²) in [7, 11) is 1.53. The Labute approximate surface area is 176 Å². The smallest absolute Gasteiger partial charge is 0.258 e. The van der Waals surface area contributed by atoms with Crippen LogP contribution in [0.1, 0.15) is 20.9 Å². The average Bonchev–Trinajstić information content (AvgIpc) is 3.19. The Balaban J connectivity index is 1.60. The first-order valence-electron chi connectivity index (χ1n) is 8.94. The predicted molar refractivity (Wildman–Crippen MR) is 110 cm³/mol. The zero-order valence-electron chi connectivity index (χ0n) is 15.9. The minimum atomic E-state index is -0.375. The van der Waals surface area contributed by atoms with Crippen LogP contribution < -0.4 is 10.1 Å². The molecule has 0 saturated carbocycles. The minimum absolute atomic E-state index is 0.227. The van der Waals surface area contributed by atoms with Crippen LogP contribution in [0.15, 0.2) is 36.7 Å². The zero-order chi connectivity index (χ0) is 20.9. The summed E-state index contributed by atoms with van der Waals surface area (Å²) in [5.41, 5.74) is 1.96. The first kappa shape index (κ1) is 19.5. The summed E-state index contributed by atoms with van der Waals surface area (Å²) in [4.78, 5) is 17.1. The quantitative estimate of drug-likeness (QED) is 0.650. The Bertz CT molecular complexity index is 1200. The highest BCUT2D eigenvalue weighted by atomic mass is 32.1. The van der Waals surface area contributed by atoms with E-state index in [1.165, 1.54) is 24.6 Å². The number of hydrogen-bond donors (Lipinski definition) is 1. The molecule has 3 aromatic rings. The van der Waals surface area contributed by atoms with Crippen molar-refractivity contribution in [2.45, 2.75) is 0 Å². The second-order valence-corrected chi connectivity index (χ2v) is 7.30. The Morgan fingerprint density at radius 1 is 1.30 bits per heavy atom. The molecule has 2 aromatic heterocycles. The lowest BCUT2D eigenvalue weighted by Gasteiger charge is -2.19. The fourth-order valence-electron chi connectivity index (χ4n) is 2.77. The van der Waals surface area contributed by atoms with Crippen LogP contribution in [0.2, 0.25) is 0 Å². The molecule has 0 bridgehead atoms. The third-order valence-electron chi connectivity index (χ3n) is 4.35. The highest BCUT2D eigenvalue weighted by Crippen LogP contribution is 2.33. The number of hydrogen-bond acceptors (Lipinski definition) is 8. The van der Waals surface area contributed by atoms with Gasteiger partial charge >= 0.3 is 0 Å². The van der Waals surface area contributed by atoms with Gasteiger partial charge < -0.3 is 9.47 Å². The normalized spacial score (nSPS) is 12.8. The number of anilines is 1. The molecule has 0 radical (unpaired) electrons. The lowest BCUT2D eigenvalue weighted by Crippen LogP contribution is -2.25. The van der Waals surface area contributed by atoms with Gasteiger partial charge in [0, 0.05) is 23.5 Å². The first-order chi connectivity index (χ1) is 14.7. The highest BCUT2D eigenvalue weighted by Gasteiger charge is 2.18. The average molecular weight is 417 g/mol. The Hall–Kier alpha value is -3.79. The van der Waals surface area contributed by atoms with E-state index in [9.17, 15) is 10.1 Å². The number of methoxy groups -OCH3 is 1. The van der Waals surface area contributed by atoms with Crippen LogP contribution in [0.4, 0.5) is 5.13 Å². The Kier molecular flexibility index (Phi) is 5.66. The number of aromatic nitrogens is 3. The molecule has 1 amide bonds. The number of amides is 1. The molecule has 3 heterocycles. The van der Waals surface area contributed by atoms with Crippen molar-refractivity contribution < 1.29 is 14.3 Å². The van der Waals surface area contributed by atoms with Crippen LogP contribution in [0.5, 0.6) is 5.75 Å². The van der Waals surface area contributed by atoms with E-state index < -0.39 is 0 Å². The van der Waals surface area contributed by atoms with Gasteiger partial charge in [0.2, 0.25) is 5.13 Å². The van der Waals surface area contributed by atoms with Gasteiger partial charge in [-0.1, -0.05) is 17.3 Å². The van der Waals surface area contributed by atoms with E-state index in [2.05, 4.69) is 38.4 Å². The van der Waals surface area contributed by atoms with Crippen molar-refractivity contribution in [3.05, 3.63) is 52.8 Å². The first-order valence-corrected chi connectivity index (χ1v) is 9.76. The number of nitrogens with zero attached hydrogens (tertiary/aromatic N) is 4. The van der Waals surface area contributed by atoms with E-state index in [0.29, 0.717) is 51.4 Å². The van der Waals surface area contributed by atoms with Crippen LogP contribution in [0, 0.1) is 29.1 Å². The second kappa shape index (κ2) is 8.70. The number of nitrogens with one attached hydrogen (secondary N) is 1. The third-order valence-corrected chi connectivity index (χ3v) is 5.11. The lowest BCUT2D eigenvalue weighted by atomic mass is 9.99. The number of carbonyl (C=O) groups is 1. The maximum atomic E-state index is 12.9. The Morgan fingerprint density at radius 3 is 2.90 bits per heavy atom. The fourth-order valence-corrected chi connectivity index (χ4v) is 3.37.